The Balaban J connectivity index is 2.13. The molecule has 0 spiro atoms. The van der Waals surface area contributed by atoms with E-state index in [1.54, 1.807) is 45.9 Å². The molecule has 0 aliphatic carbocycles. The zero-order valence-electron chi connectivity index (χ0n) is 18.1. The number of hydrogen-bond donors (Lipinski definition) is 1. The number of anilines is 2. The van der Waals surface area contributed by atoms with E-state index in [2.05, 4.69) is 15.2 Å². The molecule has 1 unspecified atom stereocenters. The third kappa shape index (κ3) is 6.69. The summed E-state index contributed by atoms with van der Waals surface area (Å²) in [5, 5.41) is 7.84. The van der Waals surface area contributed by atoms with Crippen molar-refractivity contribution in [2.75, 3.05) is 10.3 Å². The Hall–Kier alpha value is -3.62. The lowest BCUT2D eigenvalue weighted by molar-refractivity contribution is -0.117. The zero-order valence-corrected chi connectivity index (χ0v) is 18.1. The topological polar surface area (TPSA) is 71.0 Å². The number of amides is 2. The molecule has 0 fully saturated rings. The number of hydrogen-bond acceptors (Lipinski definition) is 4. The SMILES string of the molecule is CC(C)=C(F)c1cccc(NC(=O)C(C)/C(C)=N\N(C=O)c2ccc(OC(F)F)cc2)c1. The average Bonchev–Trinajstić information content (AvgIpc) is 2.76. The number of alkyl halides is 2. The highest BCUT2D eigenvalue weighted by Crippen LogP contribution is 2.24. The van der Waals surface area contributed by atoms with Crippen molar-refractivity contribution in [2.45, 2.75) is 34.3 Å². The van der Waals surface area contributed by atoms with E-state index in [0.29, 0.717) is 34.6 Å². The van der Waals surface area contributed by atoms with Crippen LogP contribution in [0.3, 0.4) is 0 Å². The van der Waals surface area contributed by atoms with E-state index in [9.17, 15) is 22.8 Å². The van der Waals surface area contributed by atoms with Crippen LogP contribution in [0.4, 0.5) is 24.5 Å². The Bertz CT molecular complexity index is 1020. The number of nitrogens with zero attached hydrogens (tertiary/aromatic N) is 2. The van der Waals surface area contributed by atoms with Gasteiger partial charge in [0.25, 0.3) is 0 Å². The van der Waals surface area contributed by atoms with E-state index >= 15 is 0 Å². The average molecular weight is 447 g/mol. The molecule has 0 saturated heterocycles. The Morgan fingerprint density at radius 2 is 1.78 bits per heavy atom. The molecular formula is C23H24F3N3O3. The lowest BCUT2D eigenvalue weighted by atomic mass is 10.1. The van der Waals surface area contributed by atoms with Crippen LogP contribution in [0.5, 0.6) is 5.75 Å². The second kappa shape index (κ2) is 11.1. The Morgan fingerprint density at radius 1 is 1.12 bits per heavy atom. The van der Waals surface area contributed by atoms with Gasteiger partial charge in [-0.05, 0) is 69.7 Å². The van der Waals surface area contributed by atoms with Crippen molar-refractivity contribution >= 4 is 35.2 Å². The van der Waals surface area contributed by atoms with Gasteiger partial charge in [-0.1, -0.05) is 12.1 Å². The fraction of sp³-hybridized carbons (Fsp3) is 0.261. The van der Waals surface area contributed by atoms with Gasteiger partial charge in [-0.15, -0.1) is 0 Å². The Morgan fingerprint density at radius 3 is 2.34 bits per heavy atom. The predicted octanol–water partition coefficient (Wildman–Crippen LogP) is 5.62. The van der Waals surface area contributed by atoms with Gasteiger partial charge in [-0.25, -0.2) is 9.40 Å². The predicted molar refractivity (Wildman–Crippen MR) is 118 cm³/mol. The first-order chi connectivity index (χ1) is 15.1. The van der Waals surface area contributed by atoms with Crippen LogP contribution in [0.25, 0.3) is 5.83 Å². The highest BCUT2D eigenvalue weighted by atomic mass is 19.3. The molecule has 0 radical (unpaired) electrons. The van der Waals surface area contributed by atoms with E-state index in [0.717, 1.165) is 5.01 Å². The fourth-order valence-electron chi connectivity index (χ4n) is 2.64. The maximum Gasteiger partial charge on any atom is 0.387 e. The van der Waals surface area contributed by atoms with Crippen molar-refractivity contribution in [1.82, 2.24) is 0 Å². The third-order valence-electron chi connectivity index (χ3n) is 4.53. The van der Waals surface area contributed by atoms with Crippen LogP contribution in [-0.4, -0.2) is 24.6 Å². The van der Waals surface area contributed by atoms with Crippen LogP contribution in [0.15, 0.2) is 59.2 Å². The number of rotatable bonds is 9. The van der Waals surface area contributed by atoms with Crippen molar-refractivity contribution in [1.29, 1.82) is 0 Å². The summed E-state index contributed by atoms with van der Waals surface area (Å²) in [6, 6.07) is 11.7. The fourth-order valence-corrected chi connectivity index (χ4v) is 2.64. The van der Waals surface area contributed by atoms with Crippen molar-refractivity contribution < 1.29 is 27.5 Å². The van der Waals surface area contributed by atoms with E-state index in [4.69, 9.17) is 0 Å². The first-order valence-corrected chi connectivity index (χ1v) is 9.71. The molecule has 6 nitrogen and oxygen atoms in total. The molecule has 0 aliphatic rings. The van der Waals surface area contributed by atoms with Crippen molar-refractivity contribution in [3.63, 3.8) is 0 Å². The zero-order chi connectivity index (χ0) is 23.8. The number of ether oxygens (including phenoxy) is 1. The lowest BCUT2D eigenvalue weighted by Gasteiger charge is -2.17. The molecule has 2 amide bonds. The molecule has 2 rings (SSSR count). The molecule has 0 bridgehead atoms. The summed E-state index contributed by atoms with van der Waals surface area (Å²) in [6.45, 7) is 3.54. The van der Waals surface area contributed by atoms with Gasteiger partial charge in [0.15, 0.2) is 0 Å². The molecular weight excluding hydrogens is 423 g/mol. The van der Waals surface area contributed by atoms with Crippen LogP contribution in [0, 0.1) is 5.92 Å². The third-order valence-corrected chi connectivity index (χ3v) is 4.53. The highest BCUT2D eigenvalue weighted by Gasteiger charge is 2.18. The molecule has 9 heteroatoms. The molecule has 2 aromatic carbocycles. The summed E-state index contributed by atoms with van der Waals surface area (Å²) in [5.74, 6) is -1.53. The van der Waals surface area contributed by atoms with Gasteiger partial charge in [0.05, 0.1) is 11.6 Å². The number of allylic oxidation sites excluding steroid dienone is 1. The van der Waals surface area contributed by atoms with Gasteiger partial charge in [-0.2, -0.15) is 13.9 Å². The molecule has 0 saturated carbocycles. The first kappa shape index (κ1) is 24.6. The summed E-state index contributed by atoms with van der Waals surface area (Å²) in [4.78, 5) is 24.1. The quantitative estimate of drug-likeness (QED) is 0.308. The number of hydrazone groups is 1. The second-order valence-corrected chi connectivity index (χ2v) is 7.17. The van der Waals surface area contributed by atoms with E-state index in [-0.39, 0.29) is 11.6 Å². The van der Waals surface area contributed by atoms with E-state index < -0.39 is 18.4 Å². The monoisotopic (exact) mass is 447 g/mol. The minimum atomic E-state index is -2.96. The summed E-state index contributed by atoms with van der Waals surface area (Å²) in [7, 11) is 0. The van der Waals surface area contributed by atoms with Gasteiger partial charge in [0, 0.05) is 17.0 Å². The Kier molecular flexibility index (Phi) is 8.57. The van der Waals surface area contributed by atoms with Gasteiger partial charge >= 0.3 is 6.61 Å². The maximum absolute atomic E-state index is 14.2. The molecule has 0 aromatic heterocycles. The maximum atomic E-state index is 14.2. The number of carbonyl (C=O) groups excluding carboxylic acids is 2. The summed E-state index contributed by atoms with van der Waals surface area (Å²) in [5.41, 5.74) is 1.93. The van der Waals surface area contributed by atoms with Gasteiger partial charge in [-0.3, -0.25) is 9.59 Å². The van der Waals surface area contributed by atoms with Crippen LogP contribution in [0.1, 0.15) is 33.3 Å². The standard InChI is InChI=1S/C23H24F3N3O3/c1-14(2)21(24)17-6-5-7-18(12-17)27-22(31)15(3)16(4)28-29(13-30)19-8-10-20(11-9-19)32-23(25)26/h5-13,15,23H,1-4H3,(H,27,31)/b28-16-. The minimum absolute atomic E-state index is 0.0603. The number of halogens is 3. The van der Waals surface area contributed by atoms with Gasteiger partial charge in [0.1, 0.15) is 11.6 Å². The van der Waals surface area contributed by atoms with Crippen LogP contribution < -0.4 is 15.1 Å². The smallest absolute Gasteiger partial charge is 0.387 e. The summed E-state index contributed by atoms with van der Waals surface area (Å²) in [6.07, 6.45) is 0.433. The molecule has 1 atom stereocenters. The molecule has 1 N–H and O–H groups in total. The molecule has 0 heterocycles. The van der Waals surface area contributed by atoms with Crippen molar-refractivity contribution in [3.05, 3.63) is 59.7 Å². The normalized spacial score (nSPS) is 12.2. The highest BCUT2D eigenvalue weighted by molar-refractivity contribution is 6.08. The van der Waals surface area contributed by atoms with Crippen LogP contribution >= 0.6 is 0 Å². The first-order valence-electron chi connectivity index (χ1n) is 9.71. The molecule has 170 valence electrons. The molecule has 2 aromatic rings. The number of benzene rings is 2. The van der Waals surface area contributed by atoms with Gasteiger partial charge < -0.3 is 10.1 Å². The lowest BCUT2D eigenvalue weighted by Crippen LogP contribution is -2.28. The number of nitrogens with one attached hydrogen (secondary N) is 1. The number of carbonyl (C=O) groups is 2. The summed E-state index contributed by atoms with van der Waals surface area (Å²) >= 11 is 0. The van der Waals surface area contributed by atoms with Crippen molar-refractivity contribution in [3.8, 4) is 5.75 Å². The van der Waals surface area contributed by atoms with E-state index in [1.165, 1.54) is 30.3 Å². The second-order valence-electron chi connectivity index (χ2n) is 7.17. The minimum Gasteiger partial charge on any atom is -0.435 e. The molecule has 0 aliphatic heterocycles. The van der Waals surface area contributed by atoms with Crippen LogP contribution in [0.2, 0.25) is 0 Å². The summed E-state index contributed by atoms with van der Waals surface area (Å²) < 4.78 is 43.0. The largest absolute Gasteiger partial charge is 0.435 e. The van der Waals surface area contributed by atoms with Crippen molar-refractivity contribution in [2.24, 2.45) is 11.0 Å². The molecule has 32 heavy (non-hydrogen) atoms. The van der Waals surface area contributed by atoms with E-state index in [1.807, 2.05) is 0 Å². The van der Waals surface area contributed by atoms with Crippen LogP contribution in [-0.2, 0) is 9.59 Å². The van der Waals surface area contributed by atoms with Gasteiger partial charge in [0.2, 0.25) is 12.3 Å². The Labute approximate surface area is 184 Å².